The molecule has 0 amide bonds. The fraction of sp³-hybridized carbons (Fsp3) is 0.900. The van der Waals surface area contributed by atoms with Gasteiger partial charge in [0.05, 0.1) is 5.92 Å². The minimum Gasteiger partial charge on any atom is -0.461 e. The molecule has 0 aromatic rings. The Labute approximate surface area is 84.4 Å². The van der Waals surface area contributed by atoms with Gasteiger partial charge >= 0.3 is 5.97 Å². The van der Waals surface area contributed by atoms with E-state index in [4.69, 9.17) is 4.74 Å². The van der Waals surface area contributed by atoms with Crippen molar-refractivity contribution in [1.29, 1.82) is 0 Å². The molecule has 0 aliphatic carbocycles. The molecule has 2 aliphatic rings. The Kier molecular flexibility index (Phi) is 3.37. The number of esters is 1. The number of rotatable bonds is 2. The van der Waals surface area contributed by atoms with Crippen molar-refractivity contribution in [1.82, 2.24) is 10.6 Å². The van der Waals surface area contributed by atoms with Gasteiger partial charge in [0, 0.05) is 13.1 Å². The van der Waals surface area contributed by atoms with E-state index in [9.17, 15) is 4.79 Å². The average Bonchev–Trinajstić information content (AvgIpc) is 2.72. The Morgan fingerprint density at radius 1 is 1.14 bits per heavy atom. The van der Waals surface area contributed by atoms with Crippen LogP contribution in [0.4, 0.5) is 0 Å². The minimum absolute atomic E-state index is 0.0105. The van der Waals surface area contributed by atoms with Crippen LogP contribution in [0.25, 0.3) is 0 Å². The molecule has 0 spiro atoms. The van der Waals surface area contributed by atoms with Crippen LogP contribution in [0.3, 0.4) is 0 Å². The molecular formula is C10H18N2O2. The lowest BCUT2D eigenvalue weighted by Gasteiger charge is -2.24. The van der Waals surface area contributed by atoms with Gasteiger partial charge in [-0.2, -0.15) is 0 Å². The maximum atomic E-state index is 11.6. The molecule has 14 heavy (non-hydrogen) atoms. The third-order valence-electron chi connectivity index (χ3n) is 2.93. The Balaban J connectivity index is 1.75. The summed E-state index contributed by atoms with van der Waals surface area (Å²) in [5.74, 6) is 0.0839. The molecule has 0 bridgehead atoms. The van der Waals surface area contributed by atoms with Crippen LogP contribution in [0.1, 0.15) is 19.3 Å². The maximum absolute atomic E-state index is 11.6. The first kappa shape index (κ1) is 9.93. The normalized spacial score (nSPS) is 32.9. The van der Waals surface area contributed by atoms with Crippen LogP contribution >= 0.6 is 0 Å². The summed E-state index contributed by atoms with van der Waals surface area (Å²) >= 11 is 0. The highest BCUT2D eigenvalue weighted by molar-refractivity contribution is 5.73. The second-order valence-corrected chi connectivity index (χ2v) is 4.09. The summed E-state index contributed by atoms with van der Waals surface area (Å²) in [6.07, 6.45) is 3.16. The van der Waals surface area contributed by atoms with E-state index in [0.29, 0.717) is 0 Å². The van der Waals surface area contributed by atoms with Gasteiger partial charge in [-0.25, -0.2) is 0 Å². The van der Waals surface area contributed by atoms with Gasteiger partial charge < -0.3 is 15.4 Å². The lowest BCUT2D eigenvalue weighted by Crippen LogP contribution is -2.38. The Hall–Kier alpha value is -0.610. The van der Waals surface area contributed by atoms with Gasteiger partial charge in [-0.1, -0.05) is 0 Å². The number of hydrogen-bond donors (Lipinski definition) is 2. The number of nitrogens with one attached hydrogen (secondary N) is 2. The zero-order chi connectivity index (χ0) is 9.80. The SMILES string of the molecule is O=C(OC1CCCNC1)C1CCNC1. The molecule has 2 rings (SSSR count). The Morgan fingerprint density at radius 3 is 2.64 bits per heavy atom. The lowest BCUT2D eigenvalue weighted by molar-refractivity contribution is -0.154. The minimum atomic E-state index is -0.0105. The van der Waals surface area contributed by atoms with Crippen molar-refractivity contribution in [3.63, 3.8) is 0 Å². The van der Waals surface area contributed by atoms with E-state index in [1.165, 1.54) is 0 Å². The van der Waals surface area contributed by atoms with E-state index in [0.717, 1.165) is 45.4 Å². The van der Waals surface area contributed by atoms with Gasteiger partial charge in [0.25, 0.3) is 0 Å². The topological polar surface area (TPSA) is 50.4 Å². The number of hydrogen-bond acceptors (Lipinski definition) is 4. The summed E-state index contributed by atoms with van der Waals surface area (Å²) in [7, 11) is 0. The van der Waals surface area contributed by atoms with Crippen LogP contribution in [0.5, 0.6) is 0 Å². The third-order valence-corrected chi connectivity index (χ3v) is 2.93. The van der Waals surface area contributed by atoms with Crippen LogP contribution in [0, 0.1) is 5.92 Å². The Bertz CT molecular complexity index is 196. The van der Waals surface area contributed by atoms with E-state index in [2.05, 4.69) is 10.6 Å². The van der Waals surface area contributed by atoms with Crippen LogP contribution in [0.2, 0.25) is 0 Å². The summed E-state index contributed by atoms with van der Waals surface area (Å²) in [6, 6.07) is 0. The highest BCUT2D eigenvalue weighted by atomic mass is 16.5. The van der Waals surface area contributed by atoms with Gasteiger partial charge in [-0.15, -0.1) is 0 Å². The molecular weight excluding hydrogens is 180 g/mol. The zero-order valence-corrected chi connectivity index (χ0v) is 8.42. The molecule has 2 saturated heterocycles. The summed E-state index contributed by atoms with van der Waals surface area (Å²) in [6.45, 7) is 3.62. The molecule has 0 saturated carbocycles. The molecule has 2 heterocycles. The first-order valence-corrected chi connectivity index (χ1v) is 5.48. The molecule has 0 aromatic carbocycles. The highest BCUT2D eigenvalue weighted by Crippen LogP contribution is 2.13. The second-order valence-electron chi connectivity index (χ2n) is 4.09. The van der Waals surface area contributed by atoms with Crippen molar-refractivity contribution in [2.75, 3.05) is 26.2 Å². The van der Waals surface area contributed by atoms with Crippen molar-refractivity contribution in [2.24, 2.45) is 5.92 Å². The van der Waals surface area contributed by atoms with E-state index in [1.54, 1.807) is 0 Å². The Morgan fingerprint density at radius 2 is 2.00 bits per heavy atom. The number of ether oxygens (including phenoxy) is 1. The maximum Gasteiger partial charge on any atom is 0.310 e. The average molecular weight is 198 g/mol. The van der Waals surface area contributed by atoms with Crippen LogP contribution in [0.15, 0.2) is 0 Å². The van der Waals surface area contributed by atoms with Crippen molar-refractivity contribution in [3.8, 4) is 0 Å². The van der Waals surface area contributed by atoms with E-state index in [-0.39, 0.29) is 18.0 Å². The first-order valence-electron chi connectivity index (χ1n) is 5.48. The fourth-order valence-corrected chi connectivity index (χ4v) is 2.04. The second kappa shape index (κ2) is 4.75. The van der Waals surface area contributed by atoms with E-state index in [1.807, 2.05) is 0 Å². The van der Waals surface area contributed by atoms with Crippen LogP contribution in [-0.2, 0) is 9.53 Å². The van der Waals surface area contributed by atoms with Crippen molar-refractivity contribution in [2.45, 2.75) is 25.4 Å². The highest BCUT2D eigenvalue weighted by Gasteiger charge is 2.26. The van der Waals surface area contributed by atoms with Crippen molar-refractivity contribution >= 4 is 5.97 Å². The molecule has 4 nitrogen and oxygen atoms in total. The summed E-state index contributed by atoms with van der Waals surface area (Å²) in [5, 5.41) is 6.41. The molecule has 80 valence electrons. The zero-order valence-electron chi connectivity index (χ0n) is 8.42. The first-order chi connectivity index (χ1) is 6.86. The van der Waals surface area contributed by atoms with Crippen LogP contribution < -0.4 is 10.6 Å². The standard InChI is InChI=1S/C10H18N2O2/c13-10(8-3-5-12-6-8)14-9-2-1-4-11-7-9/h8-9,11-12H,1-7H2. The molecule has 0 aromatic heterocycles. The fourth-order valence-electron chi connectivity index (χ4n) is 2.04. The van der Waals surface area contributed by atoms with Crippen LogP contribution in [-0.4, -0.2) is 38.3 Å². The number of carbonyl (C=O) groups excluding carboxylic acids is 1. The molecule has 2 aliphatic heterocycles. The molecule has 0 radical (unpaired) electrons. The lowest BCUT2D eigenvalue weighted by atomic mass is 10.1. The van der Waals surface area contributed by atoms with Gasteiger partial charge in [0.1, 0.15) is 6.10 Å². The molecule has 2 fully saturated rings. The largest absolute Gasteiger partial charge is 0.461 e. The smallest absolute Gasteiger partial charge is 0.310 e. The molecule has 2 N–H and O–H groups in total. The monoisotopic (exact) mass is 198 g/mol. The molecule has 4 heteroatoms. The van der Waals surface area contributed by atoms with Gasteiger partial charge in [-0.05, 0) is 32.4 Å². The molecule has 2 atom stereocenters. The van der Waals surface area contributed by atoms with Crippen molar-refractivity contribution in [3.05, 3.63) is 0 Å². The quantitative estimate of drug-likeness (QED) is 0.608. The summed E-state index contributed by atoms with van der Waals surface area (Å²) in [4.78, 5) is 11.6. The third kappa shape index (κ3) is 2.45. The van der Waals surface area contributed by atoms with Gasteiger partial charge in [0.2, 0.25) is 0 Å². The predicted octanol–water partition coefficient (Wildman–Crippen LogP) is -0.109. The summed E-state index contributed by atoms with van der Waals surface area (Å²) < 4.78 is 5.43. The van der Waals surface area contributed by atoms with E-state index < -0.39 is 0 Å². The summed E-state index contributed by atoms with van der Waals surface area (Å²) in [5.41, 5.74) is 0. The van der Waals surface area contributed by atoms with Gasteiger partial charge in [-0.3, -0.25) is 4.79 Å². The number of carbonyl (C=O) groups is 1. The predicted molar refractivity (Wildman–Crippen MR) is 53.0 cm³/mol. The number of piperidine rings is 1. The van der Waals surface area contributed by atoms with E-state index >= 15 is 0 Å². The van der Waals surface area contributed by atoms with Gasteiger partial charge in [0.15, 0.2) is 0 Å². The molecule has 2 unspecified atom stereocenters. The van der Waals surface area contributed by atoms with Crippen molar-refractivity contribution < 1.29 is 9.53 Å².